The van der Waals surface area contributed by atoms with Gasteiger partial charge in [0.2, 0.25) is 11.8 Å². The summed E-state index contributed by atoms with van der Waals surface area (Å²) < 4.78 is 0. The Morgan fingerprint density at radius 3 is 2.42 bits per heavy atom. The molecule has 0 spiro atoms. The first-order valence-electron chi connectivity index (χ1n) is 3.52. The summed E-state index contributed by atoms with van der Waals surface area (Å²) >= 11 is 5.47. The summed E-state index contributed by atoms with van der Waals surface area (Å²) in [6.45, 7) is 0.00965. The third-order valence-corrected chi connectivity index (χ3v) is 1.87. The maximum absolute atomic E-state index is 11.0. The van der Waals surface area contributed by atoms with Gasteiger partial charge in [0.25, 0.3) is 0 Å². The fraction of sp³-hybridized carbons (Fsp3) is 0.571. The van der Waals surface area contributed by atoms with Crippen molar-refractivity contribution in [3.63, 3.8) is 0 Å². The molecule has 1 heterocycles. The molecule has 0 aromatic rings. The van der Waals surface area contributed by atoms with Gasteiger partial charge < -0.3 is 0 Å². The van der Waals surface area contributed by atoms with Crippen LogP contribution in [0.2, 0.25) is 0 Å². The minimum absolute atomic E-state index is 0.00965. The van der Waals surface area contributed by atoms with E-state index in [0.29, 0.717) is 0 Å². The summed E-state index contributed by atoms with van der Waals surface area (Å²) in [5.41, 5.74) is 0. The molecule has 4 nitrogen and oxygen atoms in total. The Labute approximate surface area is 74.7 Å². The van der Waals surface area contributed by atoms with Crippen molar-refractivity contribution in [1.29, 1.82) is 5.26 Å². The molecule has 0 radical (unpaired) electrons. The van der Waals surface area contributed by atoms with E-state index in [0.717, 1.165) is 4.90 Å². The second-order valence-electron chi connectivity index (χ2n) is 2.49. The van der Waals surface area contributed by atoms with Gasteiger partial charge in [0.05, 0.1) is 12.6 Å². The SMILES string of the molecule is N#CC(Cl)CN1C(=O)CCC1=O. The number of carbonyl (C=O) groups excluding carboxylic acids is 2. The van der Waals surface area contributed by atoms with Crippen LogP contribution in [-0.4, -0.2) is 28.6 Å². The molecule has 1 saturated heterocycles. The van der Waals surface area contributed by atoms with Gasteiger partial charge in [-0.05, 0) is 0 Å². The third-order valence-electron chi connectivity index (χ3n) is 1.64. The maximum Gasteiger partial charge on any atom is 0.229 e. The number of halogens is 1. The van der Waals surface area contributed by atoms with Gasteiger partial charge in [0, 0.05) is 12.8 Å². The van der Waals surface area contributed by atoms with Crippen LogP contribution in [0.3, 0.4) is 0 Å². The van der Waals surface area contributed by atoms with E-state index in [9.17, 15) is 9.59 Å². The molecule has 1 aliphatic heterocycles. The molecule has 0 aliphatic carbocycles. The van der Waals surface area contributed by atoms with Crippen LogP contribution in [0.1, 0.15) is 12.8 Å². The molecule has 5 heteroatoms. The number of nitrogens with zero attached hydrogens (tertiary/aromatic N) is 2. The van der Waals surface area contributed by atoms with Crippen LogP contribution in [0.4, 0.5) is 0 Å². The Morgan fingerprint density at radius 1 is 1.50 bits per heavy atom. The van der Waals surface area contributed by atoms with E-state index in [1.54, 1.807) is 6.07 Å². The normalized spacial score (nSPS) is 19.5. The van der Waals surface area contributed by atoms with E-state index in [4.69, 9.17) is 16.9 Å². The number of carbonyl (C=O) groups is 2. The van der Waals surface area contributed by atoms with Crippen molar-refractivity contribution in [3.05, 3.63) is 0 Å². The van der Waals surface area contributed by atoms with Gasteiger partial charge >= 0.3 is 0 Å². The van der Waals surface area contributed by atoms with Crippen LogP contribution in [-0.2, 0) is 9.59 Å². The number of rotatable bonds is 2. The zero-order valence-electron chi connectivity index (χ0n) is 6.29. The number of imide groups is 1. The van der Waals surface area contributed by atoms with Crippen LogP contribution in [0, 0.1) is 11.3 Å². The minimum atomic E-state index is -0.795. The standard InChI is InChI=1S/C7H7ClN2O2/c8-5(3-9)4-10-6(11)1-2-7(10)12/h5H,1-2,4H2. The summed E-state index contributed by atoms with van der Waals surface area (Å²) in [5, 5.41) is 7.54. The zero-order valence-corrected chi connectivity index (χ0v) is 7.04. The molecule has 0 aromatic carbocycles. The average molecular weight is 187 g/mol. The fourth-order valence-electron chi connectivity index (χ4n) is 1.03. The topological polar surface area (TPSA) is 61.2 Å². The van der Waals surface area contributed by atoms with E-state index < -0.39 is 5.38 Å². The Balaban J connectivity index is 2.57. The van der Waals surface area contributed by atoms with Crippen LogP contribution >= 0.6 is 11.6 Å². The first kappa shape index (κ1) is 9.01. The van der Waals surface area contributed by atoms with Gasteiger partial charge in [0.15, 0.2) is 0 Å². The molecule has 1 rings (SSSR count). The Bertz CT molecular complexity index is 243. The number of hydrogen-bond donors (Lipinski definition) is 0. The third kappa shape index (κ3) is 1.74. The lowest BCUT2D eigenvalue weighted by atomic mass is 10.4. The van der Waals surface area contributed by atoms with Crippen molar-refractivity contribution >= 4 is 23.4 Å². The van der Waals surface area contributed by atoms with E-state index in [2.05, 4.69) is 0 Å². The van der Waals surface area contributed by atoms with E-state index in [1.165, 1.54) is 0 Å². The number of likely N-dealkylation sites (tertiary alicyclic amines) is 1. The Morgan fingerprint density at radius 2 is 2.00 bits per heavy atom. The molecule has 1 fully saturated rings. The highest BCUT2D eigenvalue weighted by Gasteiger charge is 2.30. The Hall–Kier alpha value is -1.08. The zero-order chi connectivity index (χ0) is 9.14. The molecule has 0 saturated carbocycles. The van der Waals surface area contributed by atoms with E-state index in [-0.39, 0.29) is 31.2 Å². The van der Waals surface area contributed by atoms with Gasteiger partial charge in [-0.1, -0.05) is 0 Å². The summed E-state index contributed by atoms with van der Waals surface area (Å²) in [6.07, 6.45) is 0.488. The monoisotopic (exact) mass is 186 g/mol. The molecule has 64 valence electrons. The number of nitriles is 1. The maximum atomic E-state index is 11.0. The largest absolute Gasteiger partial charge is 0.280 e. The molecular formula is C7H7ClN2O2. The first-order chi connectivity index (χ1) is 5.65. The summed E-state index contributed by atoms with van der Waals surface area (Å²) in [5.74, 6) is -0.471. The summed E-state index contributed by atoms with van der Waals surface area (Å²) in [6, 6.07) is 1.75. The molecule has 0 bridgehead atoms. The molecule has 12 heavy (non-hydrogen) atoms. The van der Waals surface area contributed by atoms with Crippen molar-refractivity contribution in [3.8, 4) is 6.07 Å². The van der Waals surface area contributed by atoms with Crippen LogP contribution in [0.15, 0.2) is 0 Å². The van der Waals surface area contributed by atoms with E-state index in [1.807, 2.05) is 0 Å². The van der Waals surface area contributed by atoms with Crippen LogP contribution in [0.25, 0.3) is 0 Å². The van der Waals surface area contributed by atoms with Crippen molar-refractivity contribution < 1.29 is 9.59 Å². The highest BCUT2D eigenvalue weighted by atomic mass is 35.5. The first-order valence-corrected chi connectivity index (χ1v) is 3.95. The molecule has 0 aromatic heterocycles. The lowest BCUT2D eigenvalue weighted by Crippen LogP contribution is -2.33. The van der Waals surface area contributed by atoms with Crippen molar-refractivity contribution in [2.24, 2.45) is 0 Å². The van der Waals surface area contributed by atoms with Gasteiger partial charge in [-0.3, -0.25) is 14.5 Å². The molecule has 0 N–H and O–H groups in total. The summed E-state index contributed by atoms with van der Waals surface area (Å²) in [4.78, 5) is 23.0. The Kier molecular flexibility index (Phi) is 2.66. The average Bonchev–Trinajstić information content (AvgIpc) is 2.35. The number of alkyl halides is 1. The lowest BCUT2D eigenvalue weighted by molar-refractivity contribution is -0.138. The smallest absolute Gasteiger partial charge is 0.229 e. The quantitative estimate of drug-likeness (QED) is 0.459. The second kappa shape index (κ2) is 3.55. The van der Waals surface area contributed by atoms with Gasteiger partial charge in [-0.25, -0.2) is 0 Å². The fourth-order valence-corrected chi connectivity index (χ4v) is 1.17. The van der Waals surface area contributed by atoms with Gasteiger partial charge in [-0.2, -0.15) is 5.26 Å². The highest BCUT2D eigenvalue weighted by molar-refractivity contribution is 6.22. The van der Waals surface area contributed by atoms with Crippen LogP contribution in [0.5, 0.6) is 0 Å². The van der Waals surface area contributed by atoms with Gasteiger partial charge in [0.1, 0.15) is 5.38 Å². The van der Waals surface area contributed by atoms with Crippen molar-refractivity contribution in [1.82, 2.24) is 4.90 Å². The molecule has 1 unspecified atom stereocenters. The van der Waals surface area contributed by atoms with Crippen molar-refractivity contribution in [2.75, 3.05) is 6.54 Å². The van der Waals surface area contributed by atoms with Gasteiger partial charge in [-0.15, -0.1) is 11.6 Å². The second-order valence-corrected chi connectivity index (χ2v) is 3.02. The number of amides is 2. The predicted octanol–water partition coefficient (Wildman–Crippen LogP) is 0.266. The minimum Gasteiger partial charge on any atom is -0.280 e. The molecule has 2 amide bonds. The van der Waals surface area contributed by atoms with Crippen molar-refractivity contribution in [2.45, 2.75) is 18.2 Å². The molecular weight excluding hydrogens is 180 g/mol. The predicted molar refractivity (Wildman–Crippen MR) is 41.2 cm³/mol. The number of hydrogen-bond acceptors (Lipinski definition) is 3. The molecule has 1 atom stereocenters. The lowest BCUT2D eigenvalue weighted by Gasteiger charge is -2.12. The summed E-state index contributed by atoms with van der Waals surface area (Å²) in [7, 11) is 0. The van der Waals surface area contributed by atoms with Crippen LogP contribution < -0.4 is 0 Å². The van der Waals surface area contributed by atoms with E-state index >= 15 is 0 Å². The molecule has 1 aliphatic rings. The highest BCUT2D eigenvalue weighted by Crippen LogP contribution is 2.13.